The molecule has 2 aromatic carbocycles. The molecule has 3 heteroatoms. The van der Waals surface area contributed by atoms with Crippen LogP contribution in [0, 0.1) is 0 Å². The first-order valence-electron chi connectivity index (χ1n) is 4.87. The third-order valence-electron chi connectivity index (χ3n) is 2.09. The largest absolute Gasteiger partial charge is 0.457 e. The summed E-state index contributed by atoms with van der Waals surface area (Å²) < 4.78 is 5.65. The van der Waals surface area contributed by atoms with Crippen LogP contribution in [0.2, 0.25) is 0 Å². The number of para-hydroxylation sites is 1. The molecular weight excluding hydrogens is 243 g/mol. The predicted octanol–water partition coefficient (Wildman–Crippen LogP) is 4.96. The predicted molar refractivity (Wildman–Crippen MR) is 67.4 cm³/mol. The monoisotopic (exact) mass is 252 g/mol. The van der Waals surface area contributed by atoms with Crippen molar-refractivity contribution in [3.63, 3.8) is 0 Å². The Labute approximate surface area is 105 Å². The zero-order chi connectivity index (χ0) is 11.4. The summed E-state index contributed by atoms with van der Waals surface area (Å²) in [5, 5.41) is 0. The molecule has 0 heterocycles. The molecule has 0 aromatic heterocycles. The number of benzene rings is 2. The van der Waals surface area contributed by atoms with Gasteiger partial charge in [0.25, 0.3) is 0 Å². The van der Waals surface area contributed by atoms with Crippen molar-refractivity contribution in [2.45, 2.75) is 4.84 Å². The summed E-state index contributed by atoms with van der Waals surface area (Å²) >= 11 is 11.6. The maximum absolute atomic E-state index is 5.79. The lowest BCUT2D eigenvalue weighted by Crippen LogP contribution is -1.86. The number of hydrogen-bond donors (Lipinski definition) is 0. The summed E-state index contributed by atoms with van der Waals surface area (Å²) in [7, 11) is 0. The second kappa shape index (κ2) is 5.24. The first-order valence-corrected chi connectivity index (χ1v) is 5.74. The quantitative estimate of drug-likeness (QED) is 0.703. The number of ether oxygens (including phenoxy) is 1. The molecule has 0 aliphatic carbocycles. The van der Waals surface area contributed by atoms with Crippen LogP contribution in [0.25, 0.3) is 0 Å². The van der Waals surface area contributed by atoms with Crippen LogP contribution in [0.3, 0.4) is 0 Å². The minimum absolute atomic E-state index is 0.528. The van der Waals surface area contributed by atoms with Crippen molar-refractivity contribution in [3.05, 3.63) is 60.2 Å². The van der Waals surface area contributed by atoms with E-state index in [-0.39, 0.29) is 0 Å². The van der Waals surface area contributed by atoms with Crippen molar-refractivity contribution in [2.24, 2.45) is 0 Å². The topological polar surface area (TPSA) is 9.23 Å². The molecule has 0 amide bonds. The summed E-state index contributed by atoms with van der Waals surface area (Å²) in [6, 6.07) is 17.0. The third kappa shape index (κ3) is 2.91. The molecule has 82 valence electrons. The summed E-state index contributed by atoms with van der Waals surface area (Å²) in [4.78, 5) is -0.528. The zero-order valence-corrected chi connectivity index (χ0v) is 9.95. The van der Waals surface area contributed by atoms with E-state index in [9.17, 15) is 0 Å². The van der Waals surface area contributed by atoms with Crippen molar-refractivity contribution < 1.29 is 4.74 Å². The first kappa shape index (κ1) is 11.3. The van der Waals surface area contributed by atoms with Crippen molar-refractivity contribution in [1.29, 1.82) is 0 Å². The maximum Gasteiger partial charge on any atom is 0.132 e. The molecule has 0 aliphatic rings. The average molecular weight is 253 g/mol. The maximum atomic E-state index is 5.79. The fraction of sp³-hybridized carbons (Fsp3) is 0.0769. The van der Waals surface area contributed by atoms with Crippen LogP contribution in [0.4, 0.5) is 0 Å². The number of rotatable bonds is 3. The lowest BCUT2D eigenvalue weighted by molar-refractivity contribution is 0.482. The van der Waals surface area contributed by atoms with Crippen LogP contribution < -0.4 is 4.74 Å². The molecule has 0 bridgehead atoms. The lowest BCUT2D eigenvalue weighted by Gasteiger charge is -2.07. The van der Waals surface area contributed by atoms with Gasteiger partial charge in [0, 0.05) is 0 Å². The summed E-state index contributed by atoms with van der Waals surface area (Å²) in [6.45, 7) is 0. The molecule has 0 saturated carbocycles. The van der Waals surface area contributed by atoms with Gasteiger partial charge in [0.2, 0.25) is 0 Å². The van der Waals surface area contributed by atoms with Gasteiger partial charge in [0.05, 0.1) is 0 Å². The van der Waals surface area contributed by atoms with Gasteiger partial charge < -0.3 is 4.74 Å². The molecule has 1 nitrogen and oxygen atoms in total. The fourth-order valence-corrected chi connectivity index (χ4v) is 1.61. The Morgan fingerprint density at radius 1 is 0.812 bits per heavy atom. The van der Waals surface area contributed by atoms with E-state index in [1.165, 1.54) is 0 Å². The van der Waals surface area contributed by atoms with E-state index >= 15 is 0 Å². The summed E-state index contributed by atoms with van der Waals surface area (Å²) in [5.74, 6) is 1.52. The Kier molecular flexibility index (Phi) is 3.70. The van der Waals surface area contributed by atoms with Gasteiger partial charge >= 0.3 is 0 Å². The molecule has 0 radical (unpaired) electrons. The first-order chi connectivity index (χ1) is 7.75. The van der Waals surface area contributed by atoms with Gasteiger partial charge in [0.15, 0.2) is 0 Å². The number of halogens is 2. The average Bonchev–Trinajstić information content (AvgIpc) is 2.30. The van der Waals surface area contributed by atoms with Crippen molar-refractivity contribution >= 4 is 23.2 Å². The van der Waals surface area contributed by atoms with E-state index < -0.39 is 4.84 Å². The smallest absolute Gasteiger partial charge is 0.132 e. The lowest BCUT2D eigenvalue weighted by atomic mass is 10.2. The van der Waals surface area contributed by atoms with Gasteiger partial charge in [-0.05, 0) is 29.8 Å². The van der Waals surface area contributed by atoms with Gasteiger partial charge in [-0.2, -0.15) is 0 Å². The van der Waals surface area contributed by atoms with Crippen LogP contribution in [0.1, 0.15) is 10.4 Å². The van der Waals surface area contributed by atoms with Gasteiger partial charge in [-0.25, -0.2) is 0 Å². The van der Waals surface area contributed by atoms with Crippen molar-refractivity contribution in [1.82, 2.24) is 0 Å². The Morgan fingerprint density at radius 2 is 1.50 bits per heavy atom. The minimum Gasteiger partial charge on any atom is -0.457 e. The van der Waals surface area contributed by atoms with Crippen LogP contribution in [-0.2, 0) is 0 Å². The molecule has 0 aliphatic heterocycles. The molecule has 0 N–H and O–H groups in total. The molecule has 16 heavy (non-hydrogen) atoms. The van der Waals surface area contributed by atoms with Crippen LogP contribution in [-0.4, -0.2) is 0 Å². The highest BCUT2D eigenvalue weighted by Gasteiger charge is 2.04. The Balaban J connectivity index is 2.19. The van der Waals surface area contributed by atoms with E-state index in [1.54, 1.807) is 0 Å². The van der Waals surface area contributed by atoms with Crippen LogP contribution in [0.15, 0.2) is 54.6 Å². The molecule has 0 spiro atoms. The SMILES string of the molecule is ClC(Cl)c1cccc(Oc2ccccc2)c1. The molecule has 0 fully saturated rings. The van der Waals surface area contributed by atoms with E-state index in [0.29, 0.717) is 0 Å². The standard InChI is InChI=1S/C13H10Cl2O/c14-13(15)10-5-4-8-12(9-10)16-11-6-2-1-3-7-11/h1-9,13H. The molecule has 2 rings (SSSR count). The highest BCUT2D eigenvalue weighted by molar-refractivity contribution is 6.44. The van der Waals surface area contributed by atoms with Crippen molar-refractivity contribution in [2.75, 3.05) is 0 Å². The van der Waals surface area contributed by atoms with Gasteiger partial charge in [-0.3, -0.25) is 0 Å². The summed E-state index contributed by atoms with van der Waals surface area (Å²) in [6.07, 6.45) is 0. The Morgan fingerprint density at radius 3 is 2.19 bits per heavy atom. The highest BCUT2D eigenvalue weighted by Crippen LogP contribution is 2.29. The van der Waals surface area contributed by atoms with Crippen LogP contribution in [0.5, 0.6) is 11.5 Å². The van der Waals surface area contributed by atoms with Crippen LogP contribution >= 0.6 is 23.2 Å². The zero-order valence-electron chi connectivity index (χ0n) is 8.44. The molecule has 0 saturated heterocycles. The number of hydrogen-bond acceptors (Lipinski definition) is 1. The van der Waals surface area contributed by atoms with Gasteiger partial charge in [-0.1, -0.05) is 30.3 Å². The number of alkyl halides is 2. The third-order valence-corrected chi connectivity index (χ3v) is 2.59. The summed E-state index contributed by atoms with van der Waals surface area (Å²) in [5.41, 5.74) is 0.830. The fourth-order valence-electron chi connectivity index (χ4n) is 1.34. The highest BCUT2D eigenvalue weighted by atomic mass is 35.5. The van der Waals surface area contributed by atoms with Crippen molar-refractivity contribution in [3.8, 4) is 11.5 Å². The van der Waals surface area contributed by atoms with E-state index in [0.717, 1.165) is 17.1 Å². The Hall–Kier alpha value is -1.18. The molecule has 0 unspecified atom stereocenters. The molecular formula is C13H10Cl2O. The van der Waals surface area contributed by atoms with E-state index in [1.807, 2.05) is 54.6 Å². The second-order valence-electron chi connectivity index (χ2n) is 3.29. The van der Waals surface area contributed by atoms with E-state index in [4.69, 9.17) is 27.9 Å². The van der Waals surface area contributed by atoms with E-state index in [2.05, 4.69) is 0 Å². The van der Waals surface area contributed by atoms with Gasteiger partial charge in [0.1, 0.15) is 16.3 Å². The normalized spacial score (nSPS) is 10.4. The molecule has 2 aromatic rings. The Bertz CT molecular complexity index is 454. The molecule has 0 atom stereocenters. The second-order valence-corrected chi connectivity index (χ2v) is 4.38. The van der Waals surface area contributed by atoms with Gasteiger partial charge in [-0.15, -0.1) is 23.2 Å². The minimum atomic E-state index is -0.528.